The Kier molecular flexibility index (Phi) is 4.35. The molecule has 82 valence electrons. The number of carboxylic acids is 1. The van der Waals surface area contributed by atoms with E-state index in [-0.39, 0.29) is 5.92 Å². The van der Waals surface area contributed by atoms with Crippen LogP contribution in [-0.4, -0.2) is 48.8 Å². The summed E-state index contributed by atoms with van der Waals surface area (Å²) >= 11 is 0. The number of ether oxygens (including phenoxy) is 1. The van der Waals surface area contributed by atoms with Crippen LogP contribution in [-0.2, 0) is 9.53 Å². The Morgan fingerprint density at radius 3 is 2.64 bits per heavy atom. The van der Waals surface area contributed by atoms with Crippen molar-refractivity contribution < 1.29 is 14.6 Å². The highest BCUT2D eigenvalue weighted by molar-refractivity contribution is 5.69. The third kappa shape index (κ3) is 3.27. The van der Waals surface area contributed by atoms with Gasteiger partial charge in [0.2, 0.25) is 0 Å². The lowest BCUT2D eigenvalue weighted by Gasteiger charge is -2.32. The number of nitrogens with zero attached hydrogens (tertiary/aromatic N) is 1. The lowest BCUT2D eigenvalue weighted by molar-refractivity contribution is -0.141. The second kappa shape index (κ2) is 5.32. The normalized spacial score (nSPS) is 21.1. The Bertz CT molecular complexity index is 190. The van der Waals surface area contributed by atoms with E-state index in [1.54, 1.807) is 6.92 Å². The van der Waals surface area contributed by atoms with Gasteiger partial charge < -0.3 is 14.7 Å². The number of carbonyl (C=O) groups is 1. The van der Waals surface area contributed by atoms with Crippen LogP contribution < -0.4 is 0 Å². The van der Waals surface area contributed by atoms with Gasteiger partial charge in [0.15, 0.2) is 0 Å². The Labute approximate surface area is 84.8 Å². The molecule has 0 spiro atoms. The third-order valence-electron chi connectivity index (χ3n) is 2.80. The molecule has 1 saturated heterocycles. The van der Waals surface area contributed by atoms with Gasteiger partial charge in [-0.25, -0.2) is 0 Å². The molecule has 1 heterocycles. The molecule has 0 saturated carbocycles. The molecule has 4 heteroatoms. The van der Waals surface area contributed by atoms with E-state index in [1.165, 1.54) is 0 Å². The van der Waals surface area contributed by atoms with Crippen LogP contribution in [0, 0.1) is 5.92 Å². The maximum absolute atomic E-state index is 10.7. The monoisotopic (exact) mass is 201 g/mol. The second-order valence-corrected chi connectivity index (χ2v) is 4.02. The quantitative estimate of drug-likeness (QED) is 0.731. The molecule has 14 heavy (non-hydrogen) atoms. The fraction of sp³-hybridized carbons (Fsp3) is 0.900. The van der Waals surface area contributed by atoms with Gasteiger partial charge in [-0.3, -0.25) is 4.79 Å². The van der Waals surface area contributed by atoms with Gasteiger partial charge in [0.25, 0.3) is 0 Å². The first-order chi connectivity index (χ1) is 6.61. The van der Waals surface area contributed by atoms with E-state index in [0.29, 0.717) is 12.6 Å². The van der Waals surface area contributed by atoms with Crippen LogP contribution in [0.3, 0.4) is 0 Å². The van der Waals surface area contributed by atoms with Crippen LogP contribution in [0.2, 0.25) is 0 Å². The number of aliphatic carboxylic acids is 1. The molecule has 0 aromatic carbocycles. The highest BCUT2D eigenvalue weighted by Crippen LogP contribution is 2.14. The van der Waals surface area contributed by atoms with Crippen molar-refractivity contribution >= 4 is 5.97 Å². The number of carboxylic acid groups (broad SMARTS) is 1. The predicted molar refractivity (Wildman–Crippen MR) is 53.3 cm³/mol. The number of rotatable bonds is 4. The second-order valence-electron chi connectivity index (χ2n) is 4.02. The minimum absolute atomic E-state index is 0.289. The molecule has 0 aromatic heterocycles. The Hall–Kier alpha value is -0.610. The summed E-state index contributed by atoms with van der Waals surface area (Å²) in [6.45, 7) is 3.98. The molecule has 0 bridgehead atoms. The van der Waals surface area contributed by atoms with Crippen LogP contribution in [0.25, 0.3) is 0 Å². The van der Waals surface area contributed by atoms with E-state index in [1.807, 2.05) is 7.05 Å². The number of hydrogen-bond acceptors (Lipinski definition) is 3. The maximum Gasteiger partial charge on any atom is 0.307 e. The van der Waals surface area contributed by atoms with Crippen LogP contribution in [0.5, 0.6) is 0 Å². The fourth-order valence-corrected chi connectivity index (χ4v) is 1.79. The summed E-state index contributed by atoms with van der Waals surface area (Å²) in [6, 6.07) is 0.491. The van der Waals surface area contributed by atoms with Crippen molar-refractivity contribution in [3.05, 3.63) is 0 Å². The molecule has 1 N–H and O–H groups in total. The van der Waals surface area contributed by atoms with Gasteiger partial charge in [-0.05, 0) is 19.9 Å². The van der Waals surface area contributed by atoms with E-state index >= 15 is 0 Å². The minimum Gasteiger partial charge on any atom is -0.481 e. The molecule has 1 aliphatic heterocycles. The molecule has 0 radical (unpaired) electrons. The first-order valence-corrected chi connectivity index (χ1v) is 5.12. The summed E-state index contributed by atoms with van der Waals surface area (Å²) in [5.41, 5.74) is 0. The van der Waals surface area contributed by atoms with Crippen molar-refractivity contribution in [3.63, 3.8) is 0 Å². The lowest BCUT2D eigenvalue weighted by atomic mass is 10.1. The molecule has 0 amide bonds. The Balaban J connectivity index is 2.32. The minimum atomic E-state index is -0.719. The van der Waals surface area contributed by atoms with Gasteiger partial charge in [-0.1, -0.05) is 6.92 Å². The first kappa shape index (κ1) is 11.5. The van der Waals surface area contributed by atoms with Crippen LogP contribution in [0.4, 0.5) is 0 Å². The highest BCUT2D eigenvalue weighted by atomic mass is 16.5. The summed E-state index contributed by atoms with van der Waals surface area (Å²) in [4.78, 5) is 12.8. The average Bonchev–Trinajstić information content (AvgIpc) is 2.19. The molecule has 1 fully saturated rings. The Morgan fingerprint density at radius 1 is 1.57 bits per heavy atom. The van der Waals surface area contributed by atoms with E-state index in [4.69, 9.17) is 9.84 Å². The van der Waals surface area contributed by atoms with Crippen molar-refractivity contribution in [3.8, 4) is 0 Å². The molecule has 0 aromatic rings. The molecule has 1 atom stereocenters. The molecule has 0 aliphatic carbocycles. The van der Waals surface area contributed by atoms with Gasteiger partial charge in [0.1, 0.15) is 0 Å². The zero-order chi connectivity index (χ0) is 10.6. The van der Waals surface area contributed by atoms with Crippen molar-refractivity contribution in [1.82, 2.24) is 4.90 Å². The average molecular weight is 201 g/mol. The largest absolute Gasteiger partial charge is 0.481 e. The van der Waals surface area contributed by atoms with Gasteiger partial charge >= 0.3 is 5.97 Å². The van der Waals surface area contributed by atoms with Crippen molar-refractivity contribution in [2.45, 2.75) is 25.8 Å². The van der Waals surface area contributed by atoms with Gasteiger partial charge in [0, 0.05) is 25.8 Å². The lowest BCUT2D eigenvalue weighted by Crippen LogP contribution is -2.40. The van der Waals surface area contributed by atoms with Crippen LogP contribution in [0.15, 0.2) is 0 Å². The summed E-state index contributed by atoms with van der Waals surface area (Å²) in [5.74, 6) is -1.01. The molecular formula is C10H19NO3. The zero-order valence-electron chi connectivity index (χ0n) is 8.90. The van der Waals surface area contributed by atoms with E-state index in [0.717, 1.165) is 26.1 Å². The molecule has 4 nitrogen and oxygen atoms in total. The van der Waals surface area contributed by atoms with Gasteiger partial charge in [-0.15, -0.1) is 0 Å². The van der Waals surface area contributed by atoms with E-state index in [2.05, 4.69) is 4.90 Å². The van der Waals surface area contributed by atoms with Crippen molar-refractivity contribution in [2.75, 3.05) is 26.8 Å². The zero-order valence-corrected chi connectivity index (χ0v) is 8.90. The van der Waals surface area contributed by atoms with Crippen LogP contribution in [0.1, 0.15) is 19.8 Å². The highest BCUT2D eigenvalue weighted by Gasteiger charge is 2.21. The predicted octanol–water partition coefficient (Wildman–Crippen LogP) is 0.818. The summed E-state index contributed by atoms with van der Waals surface area (Å²) in [6.07, 6.45) is 2.03. The molecule has 1 rings (SSSR count). The van der Waals surface area contributed by atoms with Gasteiger partial charge in [0.05, 0.1) is 5.92 Å². The SMILES string of the molecule is CC(CN(C)C1CCOCC1)C(=O)O. The van der Waals surface area contributed by atoms with Gasteiger partial charge in [-0.2, -0.15) is 0 Å². The fourth-order valence-electron chi connectivity index (χ4n) is 1.79. The Morgan fingerprint density at radius 2 is 2.14 bits per heavy atom. The summed E-state index contributed by atoms with van der Waals surface area (Å²) in [5, 5.41) is 8.78. The topological polar surface area (TPSA) is 49.8 Å². The first-order valence-electron chi connectivity index (χ1n) is 5.12. The smallest absolute Gasteiger partial charge is 0.307 e. The molecule has 1 unspecified atom stereocenters. The van der Waals surface area contributed by atoms with Crippen LogP contribution >= 0.6 is 0 Å². The van der Waals surface area contributed by atoms with E-state index < -0.39 is 5.97 Å². The third-order valence-corrected chi connectivity index (χ3v) is 2.80. The van der Waals surface area contributed by atoms with E-state index in [9.17, 15) is 4.79 Å². The maximum atomic E-state index is 10.7. The summed E-state index contributed by atoms with van der Waals surface area (Å²) in [7, 11) is 2.00. The number of hydrogen-bond donors (Lipinski definition) is 1. The molecular weight excluding hydrogens is 182 g/mol. The van der Waals surface area contributed by atoms with Crippen molar-refractivity contribution in [2.24, 2.45) is 5.92 Å². The standard InChI is InChI=1S/C10H19NO3/c1-8(10(12)13)7-11(2)9-3-5-14-6-4-9/h8-9H,3-7H2,1-2H3,(H,12,13). The van der Waals surface area contributed by atoms with Crippen molar-refractivity contribution in [1.29, 1.82) is 0 Å². The summed E-state index contributed by atoms with van der Waals surface area (Å²) < 4.78 is 5.26. The molecule has 1 aliphatic rings.